The van der Waals surface area contributed by atoms with Crippen LogP contribution in [0.2, 0.25) is 0 Å². The largest absolute Gasteiger partial charge is 0.377 e. The van der Waals surface area contributed by atoms with Crippen molar-refractivity contribution in [2.24, 2.45) is 5.41 Å². The van der Waals surface area contributed by atoms with Gasteiger partial charge in [-0.25, -0.2) is 0 Å². The number of carbonyl (C=O) groups excluding carboxylic acids is 1. The monoisotopic (exact) mass is 276 g/mol. The van der Waals surface area contributed by atoms with Gasteiger partial charge in [0.2, 0.25) is 5.91 Å². The summed E-state index contributed by atoms with van der Waals surface area (Å²) in [5, 5.41) is 6.31. The van der Waals surface area contributed by atoms with Crippen molar-refractivity contribution in [1.82, 2.24) is 10.6 Å². The molecule has 110 valence electrons. The van der Waals surface area contributed by atoms with E-state index in [1.807, 2.05) is 32.0 Å². The van der Waals surface area contributed by atoms with Gasteiger partial charge in [0.1, 0.15) is 0 Å². The zero-order valence-electron chi connectivity index (χ0n) is 12.4. The SMILES string of the molecule is CCOCc1ccccc1CNC(=O)C1(C)CCNC1. The Morgan fingerprint density at radius 3 is 2.80 bits per heavy atom. The van der Waals surface area contributed by atoms with Crippen molar-refractivity contribution in [3.05, 3.63) is 35.4 Å². The normalized spacial score (nSPS) is 21.9. The Bertz CT molecular complexity index is 454. The quantitative estimate of drug-likeness (QED) is 0.833. The molecule has 1 aromatic carbocycles. The Balaban J connectivity index is 1.95. The molecule has 0 spiro atoms. The standard InChI is InChI=1S/C16H24N2O2/c1-3-20-11-14-7-5-4-6-13(14)10-18-15(19)16(2)8-9-17-12-16/h4-7,17H,3,8-12H2,1-2H3,(H,18,19). The Morgan fingerprint density at radius 2 is 2.15 bits per heavy atom. The van der Waals surface area contributed by atoms with Gasteiger partial charge in [-0.15, -0.1) is 0 Å². The molecule has 4 heteroatoms. The first-order valence-electron chi connectivity index (χ1n) is 7.29. The highest BCUT2D eigenvalue weighted by Gasteiger charge is 2.35. The molecule has 1 aliphatic heterocycles. The van der Waals surface area contributed by atoms with Gasteiger partial charge in [0.05, 0.1) is 12.0 Å². The topological polar surface area (TPSA) is 50.4 Å². The molecule has 1 heterocycles. The van der Waals surface area contributed by atoms with E-state index in [9.17, 15) is 4.79 Å². The summed E-state index contributed by atoms with van der Waals surface area (Å²) >= 11 is 0. The Kier molecular flexibility index (Phi) is 5.15. The molecule has 0 saturated carbocycles. The van der Waals surface area contributed by atoms with E-state index in [0.717, 1.165) is 30.6 Å². The van der Waals surface area contributed by atoms with Crippen molar-refractivity contribution in [3.8, 4) is 0 Å². The van der Waals surface area contributed by atoms with Crippen molar-refractivity contribution in [2.45, 2.75) is 33.4 Å². The van der Waals surface area contributed by atoms with E-state index in [1.54, 1.807) is 0 Å². The first kappa shape index (κ1) is 15.0. The Morgan fingerprint density at radius 1 is 1.40 bits per heavy atom. The van der Waals surface area contributed by atoms with Gasteiger partial charge in [-0.1, -0.05) is 24.3 Å². The molecule has 1 aliphatic rings. The lowest BCUT2D eigenvalue weighted by atomic mass is 9.88. The van der Waals surface area contributed by atoms with Crippen LogP contribution in [-0.4, -0.2) is 25.6 Å². The molecule has 20 heavy (non-hydrogen) atoms. The smallest absolute Gasteiger partial charge is 0.227 e. The molecule has 4 nitrogen and oxygen atoms in total. The average molecular weight is 276 g/mol. The van der Waals surface area contributed by atoms with E-state index in [-0.39, 0.29) is 11.3 Å². The molecule has 1 aromatic rings. The molecule has 0 aliphatic carbocycles. The minimum atomic E-state index is -0.269. The molecule has 1 unspecified atom stereocenters. The Hall–Kier alpha value is -1.39. The van der Waals surface area contributed by atoms with Crippen LogP contribution in [0.15, 0.2) is 24.3 Å². The Labute approximate surface area is 120 Å². The summed E-state index contributed by atoms with van der Waals surface area (Å²) in [5.41, 5.74) is 2.00. The van der Waals surface area contributed by atoms with Crippen LogP contribution in [0.3, 0.4) is 0 Å². The first-order chi connectivity index (χ1) is 9.65. The summed E-state index contributed by atoms with van der Waals surface area (Å²) in [6.45, 7) is 7.56. The summed E-state index contributed by atoms with van der Waals surface area (Å²) in [4.78, 5) is 12.3. The van der Waals surface area contributed by atoms with Crippen molar-refractivity contribution in [2.75, 3.05) is 19.7 Å². The van der Waals surface area contributed by atoms with E-state index in [4.69, 9.17) is 4.74 Å². The molecule has 2 rings (SSSR count). The number of nitrogens with one attached hydrogen (secondary N) is 2. The number of rotatable bonds is 6. The van der Waals surface area contributed by atoms with Gasteiger partial charge < -0.3 is 15.4 Å². The van der Waals surface area contributed by atoms with Gasteiger partial charge in [0.15, 0.2) is 0 Å². The predicted octanol–water partition coefficient (Wildman–Crippen LogP) is 1.84. The molecule has 0 aromatic heterocycles. The van der Waals surface area contributed by atoms with E-state index >= 15 is 0 Å². The third kappa shape index (κ3) is 3.58. The highest BCUT2D eigenvalue weighted by molar-refractivity contribution is 5.82. The van der Waals surface area contributed by atoms with Crippen LogP contribution in [0.4, 0.5) is 0 Å². The third-order valence-electron chi connectivity index (χ3n) is 3.94. The van der Waals surface area contributed by atoms with Gasteiger partial charge in [0, 0.05) is 19.7 Å². The summed E-state index contributed by atoms with van der Waals surface area (Å²) in [7, 11) is 0. The van der Waals surface area contributed by atoms with E-state index < -0.39 is 0 Å². The molecule has 0 bridgehead atoms. The number of amides is 1. The van der Waals surface area contributed by atoms with Crippen LogP contribution in [0.25, 0.3) is 0 Å². The second kappa shape index (κ2) is 6.86. The van der Waals surface area contributed by atoms with Gasteiger partial charge in [-0.05, 0) is 37.9 Å². The van der Waals surface area contributed by atoms with Crippen LogP contribution in [0.5, 0.6) is 0 Å². The third-order valence-corrected chi connectivity index (χ3v) is 3.94. The molecule has 1 amide bonds. The van der Waals surface area contributed by atoms with E-state index in [2.05, 4.69) is 16.7 Å². The minimum Gasteiger partial charge on any atom is -0.377 e. The molecule has 2 N–H and O–H groups in total. The van der Waals surface area contributed by atoms with Crippen LogP contribution in [0, 0.1) is 5.41 Å². The average Bonchev–Trinajstić information content (AvgIpc) is 2.91. The number of benzene rings is 1. The van der Waals surface area contributed by atoms with Crippen molar-refractivity contribution in [1.29, 1.82) is 0 Å². The molecule has 1 saturated heterocycles. The van der Waals surface area contributed by atoms with Crippen molar-refractivity contribution >= 4 is 5.91 Å². The summed E-state index contributed by atoms with van der Waals surface area (Å²) in [6.07, 6.45) is 0.902. The minimum absolute atomic E-state index is 0.133. The van der Waals surface area contributed by atoms with Crippen LogP contribution in [0.1, 0.15) is 31.4 Å². The molecule has 0 radical (unpaired) electrons. The lowest BCUT2D eigenvalue weighted by Gasteiger charge is -2.22. The zero-order valence-corrected chi connectivity index (χ0v) is 12.4. The maximum absolute atomic E-state index is 12.3. The number of hydrogen-bond donors (Lipinski definition) is 2. The van der Waals surface area contributed by atoms with Gasteiger partial charge in [-0.3, -0.25) is 4.79 Å². The molecular weight excluding hydrogens is 252 g/mol. The number of ether oxygens (including phenoxy) is 1. The second-order valence-corrected chi connectivity index (χ2v) is 5.58. The summed E-state index contributed by atoms with van der Waals surface area (Å²) < 4.78 is 5.46. The summed E-state index contributed by atoms with van der Waals surface area (Å²) in [6, 6.07) is 8.09. The molecular formula is C16H24N2O2. The van der Waals surface area contributed by atoms with E-state index in [0.29, 0.717) is 19.8 Å². The predicted molar refractivity (Wildman–Crippen MR) is 79.2 cm³/mol. The van der Waals surface area contributed by atoms with Crippen LogP contribution < -0.4 is 10.6 Å². The number of hydrogen-bond acceptors (Lipinski definition) is 3. The lowest BCUT2D eigenvalue weighted by molar-refractivity contribution is -0.129. The van der Waals surface area contributed by atoms with Crippen LogP contribution in [-0.2, 0) is 22.7 Å². The zero-order chi connectivity index (χ0) is 14.4. The fraction of sp³-hybridized carbons (Fsp3) is 0.562. The van der Waals surface area contributed by atoms with Gasteiger partial charge in [-0.2, -0.15) is 0 Å². The van der Waals surface area contributed by atoms with Crippen molar-refractivity contribution < 1.29 is 9.53 Å². The molecule has 1 fully saturated rings. The lowest BCUT2D eigenvalue weighted by Crippen LogP contribution is -2.40. The number of carbonyl (C=O) groups is 1. The van der Waals surface area contributed by atoms with E-state index in [1.165, 1.54) is 0 Å². The first-order valence-corrected chi connectivity index (χ1v) is 7.29. The highest BCUT2D eigenvalue weighted by atomic mass is 16.5. The highest BCUT2D eigenvalue weighted by Crippen LogP contribution is 2.24. The molecule has 1 atom stereocenters. The van der Waals surface area contributed by atoms with Gasteiger partial charge in [0.25, 0.3) is 0 Å². The summed E-state index contributed by atoms with van der Waals surface area (Å²) in [5.74, 6) is 0.133. The fourth-order valence-corrected chi connectivity index (χ4v) is 2.48. The van der Waals surface area contributed by atoms with Crippen molar-refractivity contribution in [3.63, 3.8) is 0 Å². The maximum atomic E-state index is 12.3. The fourth-order valence-electron chi connectivity index (χ4n) is 2.48. The van der Waals surface area contributed by atoms with Crippen LogP contribution >= 0.6 is 0 Å². The second-order valence-electron chi connectivity index (χ2n) is 5.58. The maximum Gasteiger partial charge on any atom is 0.227 e. The van der Waals surface area contributed by atoms with Gasteiger partial charge >= 0.3 is 0 Å².